The zero-order valence-corrected chi connectivity index (χ0v) is 6.58. The molecule has 0 aromatic heterocycles. The molecule has 1 unspecified atom stereocenters. The molecule has 1 atom stereocenters. The summed E-state index contributed by atoms with van der Waals surface area (Å²) in [5, 5.41) is 8.08. The smallest absolute Gasteiger partial charge is 0.324 e. The summed E-state index contributed by atoms with van der Waals surface area (Å²) in [6.45, 7) is 1.44. The Labute approximate surface area is 59.6 Å². The van der Waals surface area contributed by atoms with E-state index in [1.54, 1.807) is 0 Å². The molecule has 0 amide bonds. The van der Waals surface area contributed by atoms with Gasteiger partial charge in [-0.2, -0.15) is 5.26 Å². The van der Waals surface area contributed by atoms with Gasteiger partial charge in [0.05, 0.1) is 11.7 Å². The lowest BCUT2D eigenvalue weighted by atomic mass is 10.3. The van der Waals surface area contributed by atoms with Crippen molar-refractivity contribution in [2.45, 2.75) is 25.4 Å². The van der Waals surface area contributed by atoms with Gasteiger partial charge in [0.1, 0.15) is 0 Å². The third kappa shape index (κ3) is 3.62. The number of hydrogen-bond acceptors (Lipinski definition) is 2. The zero-order chi connectivity index (χ0) is 8.20. The van der Waals surface area contributed by atoms with Crippen LogP contribution in [-0.4, -0.2) is 15.4 Å². The van der Waals surface area contributed by atoms with E-state index in [4.69, 9.17) is 15.0 Å². The molecule has 0 saturated heterocycles. The summed E-state index contributed by atoms with van der Waals surface area (Å²) in [7, 11) is -3.94. The molecule has 0 radical (unpaired) electrons. The Morgan fingerprint density at radius 1 is 1.70 bits per heavy atom. The molecule has 0 bridgehead atoms. The predicted molar refractivity (Wildman–Crippen MR) is 36.4 cm³/mol. The molecule has 10 heavy (non-hydrogen) atoms. The lowest BCUT2D eigenvalue weighted by molar-refractivity contribution is 0.358. The molecule has 0 aliphatic heterocycles. The fraction of sp³-hybridized carbons (Fsp3) is 0.800. The Morgan fingerprint density at radius 2 is 2.20 bits per heavy atom. The van der Waals surface area contributed by atoms with Crippen molar-refractivity contribution < 1.29 is 14.4 Å². The lowest BCUT2D eigenvalue weighted by Gasteiger charge is -2.09. The van der Waals surface area contributed by atoms with E-state index in [1.807, 2.05) is 6.07 Å². The van der Waals surface area contributed by atoms with Gasteiger partial charge in [-0.3, -0.25) is 4.57 Å². The maximum Gasteiger partial charge on any atom is 0.328 e. The first-order valence-corrected chi connectivity index (χ1v) is 4.59. The van der Waals surface area contributed by atoms with Gasteiger partial charge in [-0.15, -0.1) is 0 Å². The van der Waals surface area contributed by atoms with Crippen LogP contribution in [0.2, 0.25) is 0 Å². The minimum Gasteiger partial charge on any atom is -0.324 e. The number of nitrogens with zero attached hydrogens (tertiary/aromatic N) is 1. The molecular weight excluding hydrogens is 153 g/mol. The Kier molecular flexibility index (Phi) is 3.59. The van der Waals surface area contributed by atoms with Crippen LogP contribution in [0.15, 0.2) is 0 Å². The van der Waals surface area contributed by atoms with Crippen molar-refractivity contribution >= 4 is 7.60 Å². The summed E-state index contributed by atoms with van der Waals surface area (Å²) in [5.41, 5.74) is -0.688. The second kappa shape index (κ2) is 3.72. The van der Waals surface area contributed by atoms with E-state index in [1.165, 1.54) is 6.92 Å². The highest BCUT2D eigenvalue weighted by molar-refractivity contribution is 7.52. The van der Waals surface area contributed by atoms with E-state index < -0.39 is 13.3 Å². The SMILES string of the molecule is CC(CCC#N)P(=O)(O)O. The first-order chi connectivity index (χ1) is 4.48. The van der Waals surface area contributed by atoms with Crippen LogP contribution in [0, 0.1) is 11.3 Å². The minimum absolute atomic E-state index is 0.201. The standard InChI is InChI=1S/C5H10NO3P/c1-5(3-2-4-6)10(7,8)9/h5H,2-3H2,1H3,(H2,7,8,9). The third-order valence-electron chi connectivity index (χ3n) is 1.25. The molecule has 58 valence electrons. The molecule has 4 nitrogen and oxygen atoms in total. The highest BCUT2D eigenvalue weighted by Gasteiger charge is 2.22. The van der Waals surface area contributed by atoms with Crippen LogP contribution in [0.4, 0.5) is 0 Å². The summed E-state index contributed by atoms with van der Waals surface area (Å²) in [6.07, 6.45) is 0.465. The van der Waals surface area contributed by atoms with Crippen molar-refractivity contribution in [1.29, 1.82) is 5.26 Å². The van der Waals surface area contributed by atoms with Crippen LogP contribution in [0.5, 0.6) is 0 Å². The summed E-state index contributed by atoms with van der Waals surface area (Å²) >= 11 is 0. The Morgan fingerprint density at radius 3 is 2.50 bits per heavy atom. The quantitative estimate of drug-likeness (QED) is 0.604. The van der Waals surface area contributed by atoms with Gasteiger partial charge in [0.2, 0.25) is 0 Å². The number of hydrogen-bond donors (Lipinski definition) is 2. The van der Waals surface area contributed by atoms with Gasteiger partial charge < -0.3 is 9.79 Å². The molecule has 0 rings (SSSR count). The van der Waals surface area contributed by atoms with Gasteiger partial charge in [0.15, 0.2) is 0 Å². The average Bonchev–Trinajstić information content (AvgIpc) is 1.80. The van der Waals surface area contributed by atoms with Gasteiger partial charge >= 0.3 is 7.60 Å². The topological polar surface area (TPSA) is 81.3 Å². The molecule has 0 aromatic rings. The molecule has 0 aliphatic carbocycles. The molecule has 0 heterocycles. The fourth-order valence-electron chi connectivity index (χ4n) is 0.442. The van der Waals surface area contributed by atoms with E-state index in [0.29, 0.717) is 0 Å². The minimum atomic E-state index is -3.94. The van der Waals surface area contributed by atoms with Crippen molar-refractivity contribution in [3.05, 3.63) is 0 Å². The molecule has 0 spiro atoms. The molecule has 5 heteroatoms. The largest absolute Gasteiger partial charge is 0.328 e. The summed E-state index contributed by atoms with van der Waals surface area (Å²) in [6, 6.07) is 1.83. The molecule has 0 saturated carbocycles. The highest BCUT2D eigenvalue weighted by atomic mass is 31.2. The Hall–Kier alpha value is -0.360. The van der Waals surface area contributed by atoms with E-state index in [-0.39, 0.29) is 12.8 Å². The van der Waals surface area contributed by atoms with Gasteiger partial charge in [-0.05, 0) is 6.42 Å². The average molecular weight is 163 g/mol. The van der Waals surface area contributed by atoms with E-state index in [0.717, 1.165) is 0 Å². The van der Waals surface area contributed by atoms with E-state index >= 15 is 0 Å². The van der Waals surface area contributed by atoms with Gasteiger partial charge in [0.25, 0.3) is 0 Å². The van der Waals surface area contributed by atoms with Crippen molar-refractivity contribution in [2.75, 3.05) is 0 Å². The third-order valence-corrected chi connectivity index (χ3v) is 2.65. The predicted octanol–water partition coefficient (Wildman–Crippen LogP) is 0.856. The Bertz CT molecular complexity index is 180. The molecule has 0 fully saturated rings. The normalized spacial score (nSPS) is 14.2. The molecule has 2 N–H and O–H groups in total. The summed E-state index contributed by atoms with van der Waals surface area (Å²) < 4.78 is 10.4. The first kappa shape index (κ1) is 9.64. The molecular formula is C5H10NO3P. The molecule has 0 aliphatic rings. The number of nitriles is 1. The van der Waals surface area contributed by atoms with Crippen LogP contribution in [0.1, 0.15) is 19.8 Å². The number of rotatable bonds is 3. The molecule has 0 aromatic carbocycles. The summed E-state index contributed by atoms with van der Waals surface area (Å²) in [5.74, 6) is 0. The van der Waals surface area contributed by atoms with Gasteiger partial charge in [-0.25, -0.2) is 0 Å². The van der Waals surface area contributed by atoms with Crippen LogP contribution in [0.3, 0.4) is 0 Å². The van der Waals surface area contributed by atoms with Crippen LogP contribution >= 0.6 is 7.60 Å². The second-order valence-electron chi connectivity index (χ2n) is 2.13. The fourth-order valence-corrected chi connectivity index (χ4v) is 0.907. The van der Waals surface area contributed by atoms with Crippen LogP contribution < -0.4 is 0 Å². The maximum absolute atomic E-state index is 10.4. The van der Waals surface area contributed by atoms with Crippen molar-refractivity contribution in [1.82, 2.24) is 0 Å². The maximum atomic E-state index is 10.4. The summed E-state index contributed by atoms with van der Waals surface area (Å²) in [4.78, 5) is 17.0. The van der Waals surface area contributed by atoms with Crippen molar-refractivity contribution in [3.63, 3.8) is 0 Å². The Balaban J connectivity index is 3.77. The van der Waals surface area contributed by atoms with E-state index in [9.17, 15) is 4.57 Å². The highest BCUT2D eigenvalue weighted by Crippen LogP contribution is 2.42. The van der Waals surface area contributed by atoms with Gasteiger partial charge in [-0.1, -0.05) is 6.92 Å². The van der Waals surface area contributed by atoms with Gasteiger partial charge in [0, 0.05) is 6.42 Å². The van der Waals surface area contributed by atoms with Crippen molar-refractivity contribution in [3.8, 4) is 6.07 Å². The monoisotopic (exact) mass is 163 g/mol. The zero-order valence-electron chi connectivity index (χ0n) is 5.69. The van der Waals surface area contributed by atoms with E-state index in [2.05, 4.69) is 0 Å². The van der Waals surface area contributed by atoms with Crippen LogP contribution in [0.25, 0.3) is 0 Å². The second-order valence-corrected chi connectivity index (χ2v) is 4.19. The first-order valence-electron chi connectivity index (χ1n) is 2.90. The van der Waals surface area contributed by atoms with Crippen molar-refractivity contribution in [2.24, 2.45) is 0 Å². The van der Waals surface area contributed by atoms with Crippen LogP contribution in [-0.2, 0) is 4.57 Å². The lowest BCUT2D eigenvalue weighted by Crippen LogP contribution is -2.01.